The van der Waals surface area contributed by atoms with Gasteiger partial charge in [-0.1, -0.05) is 57.0 Å². The van der Waals surface area contributed by atoms with E-state index in [1.54, 1.807) is 13.8 Å². The van der Waals surface area contributed by atoms with E-state index in [1.165, 1.54) is 0 Å². The number of hydrogen-bond acceptors (Lipinski definition) is 6. The van der Waals surface area contributed by atoms with Crippen LogP contribution in [0.2, 0.25) is 0 Å². The number of ketones is 1. The van der Waals surface area contributed by atoms with Gasteiger partial charge in [0.25, 0.3) is 0 Å². The van der Waals surface area contributed by atoms with Gasteiger partial charge in [-0.15, -0.1) is 0 Å². The van der Waals surface area contributed by atoms with E-state index in [2.05, 4.69) is 16.1 Å². The molecule has 2 rings (SSSR count). The molecular formula is C21H29N3O6. The average Bonchev–Trinajstić information content (AvgIpc) is 2.73. The van der Waals surface area contributed by atoms with Gasteiger partial charge in [-0.3, -0.25) is 19.2 Å². The Labute approximate surface area is 175 Å². The third-order valence-electron chi connectivity index (χ3n) is 4.70. The molecule has 0 bridgehead atoms. The van der Waals surface area contributed by atoms with Crippen molar-refractivity contribution in [3.05, 3.63) is 35.9 Å². The molecule has 1 saturated heterocycles. The summed E-state index contributed by atoms with van der Waals surface area (Å²) in [6, 6.07) is 7.25. The number of ether oxygens (including phenoxy) is 1. The minimum absolute atomic E-state index is 0.0698. The maximum atomic E-state index is 12.8. The molecule has 3 N–H and O–H groups in total. The Bertz CT molecular complexity index is 738. The largest absolute Gasteiger partial charge is 0.445 e. The Hall–Kier alpha value is -2.94. The minimum atomic E-state index is -0.984. The van der Waals surface area contributed by atoms with Crippen molar-refractivity contribution < 1.29 is 28.8 Å². The number of amides is 3. The molecule has 9 heteroatoms. The molecule has 1 aromatic carbocycles. The summed E-state index contributed by atoms with van der Waals surface area (Å²) in [5.41, 5.74) is 2.91. The molecule has 0 radical (unpaired) electrons. The van der Waals surface area contributed by atoms with E-state index in [0.717, 1.165) is 18.4 Å². The van der Waals surface area contributed by atoms with Crippen LogP contribution in [0.25, 0.3) is 0 Å². The van der Waals surface area contributed by atoms with Crippen molar-refractivity contribution in [1.29, 1.82) is 0 Å². The van der Waals surface area contributed by atoms with Gasteiger partial charge >= 0.3 is 12.0 Å². The second-order valence-corrected chi connectivity index (χ2v) is 7.48. The maximum Gasteiger partial charge on any atom is 0.408 e. The summed E-state index contributed by atoms with van der Waals surface area (Å²) in [4.78, 5) is 54.1. The first-order valence-electron chi connectivity index (χ1n) is 10.1. The highest BCUT2D eigenvalue weighted by Gasteiger charge is 2.32. The number of carbonyl (C=O) groups excluding carboxylic acids is 4. The van der Waals surface area contributed by atoms with Crippen LogP contribution in [0.4, 0.5) is 4.79 Å². The Morgan fingerprint density at radius 3 is 2.60 bits per heavy atom. The van der Waals surface area contributed by atoms with Gasteiger partial charge < -0.3 is 15.4 Å². The van der Waals surface area contributed by atoms with Crippen molar-refractivity contribution in [2.75, 3.05) is 6.61 Å². The summed E-state index contributed by atoms with van der Waals surface area (Å²) in [6.07, 6.45) is 1.79. The van der Waals surface area contributed by atoms with Gasteiger partial charge in [-0.2, -0.15) is 0 Å². The van der Waals surface area contributed by atoms with Crippen molar-refractivity contribution in [2.45, 2.75) is 58.2 Å². The Morgan fingerprint density at radius 1 is 1.17 bits per heavy atom. The van der Waals surface area contributed by atoms with Crippen molar-refractivity contribution >= 4 is 23.7 Å². The Kier molecular flexibility index (Phi) is 9.27. The topological polar surface area (TPSA) is 123 Å². The molecule has 2 unspecified atom stereocenters. The van der Waals surface area contributed by atoms with Gasteiger partial charge in [-0.25, -0.2) is 10.3 Å². The highest BCUT2D eigenvalue weighted by atomic mass is 16.7. The molecule has 1 aromatic rings. The lowest BCUT2D eigenvalue weighted by molar-refractivity contribution is -0.148. The number of Topliss-reactive ketones (excluding diaryl/α,β-unsaturated/α-hetero) is 1. The lowest BCUT2D eigenvalue weighted by Crippen LogP contribution is -2.55. The molecule has 2 atom stereocenters. The quantitative estimate of drug-likeness (QED) is 0.602. The van der Waals surface area contributed by atoms with Crippen LogP contribution >= 0.6 is 0 Å². The van der Waals surface area contributed by atoms with Crippen LogP contribution in [-0.2, 0) is 30.6 Å². The van der Waals surface area contributed by atoms with E-state index in [0.29, 0.717) is 19.4 Å². The first kappa shape index (κ1) is 23.3. The number of hydroxylamine groups is 1. The first-order chi connectivity index (χ1) is 14.4. The molecule has 1 fully saturated rings. The molecule has 0 aliphatic carbocycles. The van der Waals surface area contributed by atoms with Crippen LogP contribution in [0.3, 0.4) is 0 Å². The maximum absolute atomic E-state index is 12.8. The minimum Gasteiger partial charge on any atom is -0.445 e. The third-order valence-corrected chi connectivity index (χ3v) is 4.70. The predicted octanol–water partition coefficient (Wildman–Crippen LogP) is 1.61. The molecular weight excluding hydrogens is 390 g/mol. The van der Waals surface area contributed by atoms with Gasteiger partial charge in [0.05, 0.1) is 12.6 Å². The zero-order chi connectivity index (χ0) is 21.9. The van der Waals surface area contributed by atoms with Crippen LogP contribution in [0.5, 0.6) is 0 Å². The van der Waals surface area contributed by atoms with E-state index < -0.39 is 35.8 Å². The molecule has 0 aromatic heterocycles. The lowest BCUT2D eigenvalue weighted by Gasteiger charge is -2.25. The molecule has 1 heterocycles. The second kappa shape index (κ2) is 11.9. The monoisotopic (exact) mass is 419 g/mol. The average molecular weight is 419 g/mol. The second-order valence-electron chi connectivity index (χ2n) is 7.48. The number of nitrogens with one attached hydrogen (secondary N) is 3. The first-order valence-corrected chi connectivity index (χ1v) is 10.1. The fourth-order valence-electron chi connectivity index (χ4n) is 2.98. The smallest absolute Gasteiger partial charge is 0.408 e. The van der Waals surface area contributed by atoms with E-state index in [9.17, 15) is 19.2 Å². The van der Waals surface area contributed by atoms with Crippen molar-refractivity contribution in [3.63, 3.8) is 0 Å². The van der Waals surface area contributed by atoms with E-state index in [4.69, 9.17) is 9.57 Å². The summed E-state index contributed by atoms with van der Waals surface area (Å²) in [5.74, 6) is -2.50. The third kappa shape index (κ3) is 7.47. The molecule has 3 amide bonds. The number of benzene rings is 1. The molecule has 1 aliphatic rings. The van der Waals surface area contributed by atoms with Crippen molar-refractivity contribution in [2.24, 2.45) is 5.92 Å². The number of rotatable bonds is 6. The highest BCUT2D eigenvalue weighted by molar-refractivity contribution is 6.38. The SMILES string of the molecule is CC(C)C(NC(=O)OCc1ccccc1)C(=O)NC1CCCCCONC(=O)C1=O. The van der Waals surface area contributed by atoms with Crippen LogP contribution in [0.15, 0.2) is 30.3 Å². The van der Waals surface area contributed by atoms with Crippen LogP contribution < -0.4 is 16.1 Å². The van der Waals surface area contributed by atoms with Gasteiger partial charge in [-0.05, 0) is 24.3 Å². The van der Waals surface area contributed by atoms with E-state index in [-0.39, 0.29) is 12.5 Å². The van der Waals surface area contributed by atoms with Gasteiger partial charge in [0.2, 0.25) is 11.7 Å². The molecule has 0 saturated carbocycles. The Balaban J connectivity index is 1.96. The summed E-state index contributed by atoms with van der Waals surface area (Å²) >= 11 is 0. The fraction of sp³-hybridized carbons (Fsp3) is 0.524. The van der Waals surface area contributed by atoms with Gasteiger partial charge in [0.15, 0.2) is 0 Å². The van der Waals surface area contributed by atoms with Crippen LogP contribution in [-0.4, -0.2) is 42.4 Å². The van der Waals surface area contributed by atoms with Crippen LogP contribution in [0, 0.1) is 5.92 Å². The van der Waals surface area contributed by atoms with Gasteiger partial charge in [0.1, 0.15) is 12.6 Å². The standard InChI is InChI=1S/C21H29N3O6/c1-14(2)17(23-21(28)29-13-15-9-5-3-6-10-15)19(26)22-16-11-7-4-8-12-30-24-20(27)18(16)25/h3,5-6,9-10,14,16-17H,4,7-8,11-13H2,1-2H3,(H,22,26)(H,23,28)(H,24,27). The number of alkyl carbamates (subject to hydrolysis) is 1. The fourth-order valence-corrected chi connectivity index (χ4v) is 2.98. The summed E-state index contributed by atoms with van der Waals surface area (Å²) in [7, 11) is 0. The number of carbonyl (C=O) groups is 4. The van der Waals surface area contributed by atoms with E-state index >= 15 is 0 Å². The lowest BCUT2D eigenvalue weighted by atomic mass is 10.00. The summed E-state index contributed by atoms with van der Waals surface area (Å²) in [6.45, 7) is 3.93. The summed E-state index contributed by atoms with van der Waals surface area (Å²) in [5, 5.41) is 5.14. The normalized spacial score (nSPS) is 18.8. The molecule has 1 aliphatic heterocycles. The number of hydrogen-bond donors (Lipinski definition) is 3. The highest BCUT2D eigenvalue weighted by Crippen LogP contribution is 2.10. The zero-order valence-corrected chi connectivity index (χ0v) is 17.3. The Morgan fingerprint density at radius 2 is 1.90 bits per heavy atom. The zero-order valence-electron chi connectivity index (χ0n) is 17.3. The summed E-state index contributed by atoms with van der Waals surface area (Å²) < 4.78 is 5.18. The molecule has 30 heavy (non-hydrogen) atoms. The van der Waals surface area contributed by atoms with Crippen molar-refractivity contribution in [3.8, 4) is 0 Å². The molecule has 164 valence electrons. The van der Waals surface area contributed by atoms with Crippen LogP contribution in [0.1, 0.15) is 45.1 Å². The van der Waals surface area contributed by atoms with Crippen molar-refractivity contribution in [1.82, 2.24) is 16.1 Å². The van der Waals surface area contributed by atoms with E-state index in [1.807, 2.05) is 30.3 Å². The molecule has 9 nitrogen and oxygen atoms in total. The van der Waals surface area contributed by atoms with Gasteiger partial charge in [0, 0.05) is 0 Å². The molecule has 0 spiro atoms. The predicted molar refractivity (Wildman–Crippen MR) is 108 cm³/mol.